The lowest BCUT2D eigenvalue weighted by molar-refractivity contribution is -0.147. The van der Waals surface area contributed by atoms with Crippen LogP contribution in [0.2, 0.25) is 0 Å². The molecule has 0 aromatic heterocycles. The fraction of sp³-hybridized carbons (Fsp3) is 0.267. The predicted octanol–water partition coefficient (Wildman–Crippen LogP) is 2.36. The molecule has 0 spiro atoms. The molecule has 0 unspecified atom stereocenters. The zero-order chi connectivity index (χ0) is 12.5. The summed E-state index contributed by atoms with van der Waals surface area (Å²) in [5.41, 5.74) is 1.27. The maximum atomic E-state index is 10.8. The molecule has 1 N–H and O–H groups in total. The fourth-order valence-corrected chi connectivity index (χ4v) is 2.53. The van der Waals surface area contributed by atoms with Crippen LogP contribution in [0.15, 0.2) is 42.5 Å². The SMILES string of the molecule is O=C(O)C1CN(Cc2cccc3ccccc23)C1. The van der Waals surface area contributed by atoms with Gasteiger partial charge in [-0.05, 0) is 16.3 Å². The van der Waals surface area contributed by atoms with Crippen LogP contribution in [0.3, 0.4) is 0 Å². The molecule has 1 aliphatic rings. The first-order valence-corrected chi connectivity index (χ1v) is 6.16. The molecule has 0 atom stereocenters. The highest BCUT2D eigenvalue weighted by molar-refractivity contribution is 5.85. The number of hydrogen-bond donors (Lipinski definition) is 1. The molecule has 2 aromatic carbocycles. The molecule has 92 valence electrons. The monoisotopic (exact) mass is 241 g/mol. The maximum absolute atomic E-state index is 10.8. The Bertz CT molecular complexity index is 583. The molecule has 0 amide bonds. The lowest BCUT2D eigenvalue weighted by Crippen LogP contribution is -2.49. The molecular formula is C15H15NO2. The average Bonchev–Trinajstić information content (AvgIpc) is 2.33. The molecule has 0 radical (unpaired) electrons. The zero-order valence-electron chi connectivity index (χ0n) is 10.0. The first-order valence-electron chi connectivity index (χ1n) is 6.16. The van der Waals surface area contributed by atoms with Crippen LogP contribution in [-0.2, 0) is 11.3 Å². The summed E-state index contributed by atoms with van der Waals surface area (Å²) in [6.07, 6.45) is 0. The van der Waals surface area contributed by atoms with E-state index in [1.807, 2.05) is 12.1 Å². The standard InChI is InChI=1S/C15H15NO2/c17-15(18)13-9-16(10-13)8-12-6-3-5-11-4-1-2-7-14(11)12/h1-7,13H,8-10H2,(H,17,18). The summed E-state index contributed by atoms with van der Waals surface area (Å²) in [5, 5.41) is 11.4. The van der Waals surface area contributed by atoms with Crippen LogP contribution in [0, 0.1) is 5.92 Å². The molecule has 1 saturated heterocycles. The Morgan fingerprint density at radius 3 is 2.67 bits per heavy atom. The molecule has 18 heavy (non-hydrogen) atoms. The van der Waals surface area contributed by atoms with Crippen molar-refractivity contribution in [1.82, 2.24) is 4.90 Å². The van der Waals surface area contributed by atoms with E-state index in [4.69, 9.17) is 5.11 Å². The third-order valence-electron chi connectivity index (χ3n) is 3.58. The highest BCUT2D eigenvalue weighted by Crippen LogP contribution is 2.23. The normalized spacial score (nSPS) is 16.7. The summed E-state index contributed by atoms with van der Waals surface area (Å²) >= 11 is 0. The van der Waals surface area contributed by atoms with Gasteiger partial charge in [0, 0.05) is 19.6 Å². The number of carbonyl (C=O) groups is 1. The van der Waals surface area contributed by atoms with Crippen LogP contribution in [0.1, 0.15) is 5.56 Å². The third kappa shape index (κ3) is 1.97. The minimum Gasteiger partial charge on any atom is -0.481 e. The van der Waals surface area contributed by atoms with E-state index in [1.54, 1.807) is 0 Å². The van der Waals surface area contributed by atoms with E-state index in [2.05, 4.69) is 35.2 Å². The van der Waals surface area contributed by atoms with Gasteiger partial charge in [0.15, 0.2) is 0 Å². The summed E-state index contributed by atoms with van der Waals surface area (Å²) < 4.78 is 0. The topological polar surface area (TPSA) is 40.5 Å². The second-order valence-electron chi connectivity index (χ2n) is 4.87. The number of hydrogen-bond acceptors (Lipinski definition) is 2. The summed E-state index contributed by atoms with van der Waals surface area (Å²) in [5.74, 6) is -0.857. The molecular weight excluding hydrogens is 226 g/mol. The van der Waals surface area contributed by atoms with E-state index in [9.17, 15) is 4.79 Å². The Morgan fingerprint density at radius 2 is 1.89 bits per heavy atom. The van der Waals surface area contributed by atoms with E-state index in [0.29, 0.717) is 13.1 Å². The number of likely N-dealkylation sites (tertiary alicyclic amines) is 1. The first-order chi connectivity index (χ1) is 8.74. The van der Waals surface area contributed by atoms with Gasteiger partial charge >= 0.3 is 5.97 Å². The number of benzene rings is 2. The van der Waals surface area contributed by atoms with Crippen molar-refractivity contribution >= 4 is 16.7 Å². The van der Waals surface area contributed by atoms with Crippen LogP contribution in [0.5, 0.6) is 0 Å². The Balaban J connectivity index is 1.78. The average molecular weight is 241 g/mol. The molecule has 2 aromatic rings. The van der Waals surface area contributed by atoms with E-state index in [0.717, 1.165) is 6.54 Å². The van der Waals surface area contributed by atoms with Gasteiger partial charge in [0.25, 0.3) is 0 Å². The van der Waals surface area contributed by atoms with Crippen LogP contribution in [-0.4, -0.2) is 29.1 Å². The number of rotatable bonds is 3. The van der Waals surface area contributed by atoms with Crippen LogP contribution in [0.4, 0.5) is 0 Å². The summed E-state index contributed by atoms with van der Waals surface area (Å²) in [7, 11) is 0. The van der Waals surface area contributed by atoms with Gasteiger partial charge in [-0.15, -0.1) is 0 Å². The van der Waals surface area contributed by atoms with Crippen molar-refractivity contribution in [1.29, 1.82) is 0 Å². The number of carboxylic acids is 1. The van der Waals surface area contributed by atoms with Gasteiger partial charge in [0.2, 0.25) is 0 Å². The second kappa shape index (κ2) is 4.42. The Hall–Kier alpha value is -1.87. The van der Waals surface area contributed by atoms with Gasteiger partial charge in [0.1, 0.15) is 0 Å². The molecule has 0 aliphatic carbocycles. The quantitative estimate of drug-likeness (QED) is 0.896. The highest BCUT2D eigenvalue weighted by atomic mass is 16.4. The van der Waals surface area contributed by atoms with Crippen molar-refractivity contribution in [3.8, 4) is 0 Å². The molecule has 3 heteroatoms. The third-order valence-corrected chi connectivity index (χ3v) is 3.58. The summed E-state index contributed by atoms with van der Waals surface area (Å²) in [6.45, 7) is 2.17. The molecule has 1 heterocycles. The van der Waals surface area contributed by atoms with E-state index < -0.39 is 5.97 Å². The van der Waals surface area contributed by atoms with Crippen molar-refractivity contribution in [2.75, 3.05) is 13.1 Å². The minimum absolute atomic E-state index is 0.181. The van der Waals surface area contributed by atoms with E-state index >= 15 is 0 Å². The zero-order valence-corrected chi connectivity index (χ0v) is 10.0. The van der Waals surface area contributed by atoms with Gasteiger partial charge in [-0.1, -0.05) is 42.5 Å². The smallest absolute Gasteiger partial charge is 0.309 e. The van der Waals surface area contributed by atoms with E-state index in [-0.39, 0.29) is 5.92 Å². The molecule has 3 nitrogen and oxygen atoms in total. The maximum Gasteiger partial charge on any atom is 0.309 e. The molecule has 0 bridgehead atoms. The summed E-state index contributed by atoms with van der Waals surface area (Å²) in [4.78, 5) is 12.9. The Morgan fingerprint density at radius 1 is 1.17 bits per heavy atom. The van der Waals surface area contributed by atoms with Crippen molar-refractivity contribution in [2.45, 2.75) is 6.54 Å². The molecule has 1 fully saturated rings. The Labute approximate surface area is 106 Å². The number of carboxylic acid groups (broad SMARTS) is 1. The van der Waals surface area contributed by atoms with Gasteiger partial charge in [-0.3, -0.25) is 9.69 Å². The van der Waals surface area contributed by atoms with Crippen LogP contribution in [0.25, 0.3) is 10.8 Å². The van der Waals surface area contributed by atoms with Crippen LogP contribution >= 0.6 is 0 Å². The highest BCUT2D eigenvalue weighted by Gasteiger charge is 2.32. The molecule has 0 saturated carbocycles. The largest absolute Gasteiger partial charge is 0.481 e. The second-order valence-corrected chi connectivity index (χ2v) is 4.87. The lowest BCUT2D eigenvalue weighted by atomic mass is 9.98. The van der Waals surface area contributed by atoms with Gasteiger partial charge in [0.05, 0.1) is 5.92 Å². The number of nitrogens with zero attached hydrogens (tertiary/aromatic N) is 1. The van der Waals surface area contributed by atoms with Crippen molar-refractivity contribution < 1.29 is 9.90 Å². The molecule has 1 aliphatic heterocycles. The van der Waals surface area contributed by atoms with Gasteiger partial charge in [-0.25, -0.2) is 0 Å². The molecule has 3 rings (SSSR count). The van der Waals surface area contributed by atoms with Gasteiger partial charge < -0.3 is 5.11 Å². The van der Waals surface area contributed by atoms with Crippen LogP contribution < -0.4 is 0 Å². The summed E-state index contributed by atoms with van der Waals surface area (Å²) in [6, 6.07) is 14.6. The Kier molecular flexibility index (Phi) is 2.76. The number of aliphatic carboxylic acids is 1. The van der Waals surface area contributed by atoms with Crippen molar-refractivity contribution in [3.05, 3.63) is 48.0 Å². The van der Waals surface area contributed by atoms with E-state index in [1.165, 1.54) is 16.3 Å². The van der Waals surface area contributed by atoms with Crippen molar-refractivity contribution in [3.63, 3.8) is 0 Å². The lowest BCUT2D eigenvalue weighted by Gasteiger charge is -2.36. The van der Waals surface area contributed by atoms with Crippen molar-refractivity contribution in [2.24, 2.45) is 5.92 Å². The number of fused-ring (bicyclic) bond motifs is 1. The van der Waals surface area contributed by atoms with Gasteiger partial charge in [-0.2, -0.15) is 0 Å². The fourth-order valence-electron chi connectivity index (χ4n) is 2.53. The predicted molar refractivity (Wildman–Crippen MR) is 70.4 cm³/mol. The first kappa shape index (κ1) is 11.2. The minimum atomic E-state index is -0.677.